The Morgan fingerprint density at radius 1 is 0.583 bits per heavy atom. The maximum atomic E-state index is 5.99. The molecule has 7 rings (SSSR count). The molecule has 0 bridgehead atoms. The van der Waals surface area contributed by atoms with Crippen LogP contribution in [0.15, 0.2) is 118 Å². The van der Waals surface area contributed by atoms with Gasteiger partial charge < -0.3 is 14.2 Å². The van der Waals surface area contributed by atoms with Gasteiger partial charge in [0, 0.05) is 23.9 Å². The van der Waals surface area contributed by atoms with Gasteiger partial charge in [0.05, 0.1) is 0 Å². The van der Waals surface area contributed by atoms with E-state index < -0.39 is 0 Å². The summed E-state index contributed by atoms with van der Waals surface area (Å²) in [5.74, 6) is 1.25. The molecule has 1 N–H and O–H groups in total. The molecule has 0 saturated heterocycles. The summed E-state index contributed by atoms with van der Waals surface area (Å²) >= 11 is 0. The van der Waals surface area contributed by atoms with Gasteiger partial charge in [-0.15, -0.1) is 0 Å². The fraction of sp³-hybridized carbons (Fsp3) is 0.0323. The highest BCUT2D eigenvalue weighted by molar-refractivity contribution is 5.88. The van der Waals surface area contributed by atoms with Crippen LogP contribution in [0.3, 0.4) is 0 Å². The molecule has 6 aromatic rings. The molecular formula is C31H21N3O2. The third kappa shape index (κ3) is 3.67. The topological polar surface area (TPSA) is 64.1 Å². The summed E-state index contributed by atoms with van der Waals surface area (Å²) in [6.45, 7) is 0.741. The molecule has 5 nitrogen and oxygen atoms in total. The Hall–Kier alpha value is -4.90. The third-order valence-corrected chi connectivity index (χ3v) is 6.39. The lowest BCUT2D eigenvalue weighted by molar-refractivity contribution is 0.619. The molecule has 0 unspecified atom stereocenters. The van der Waals surface area contributed by atoms with Gasteiger partial charge in [-0.2, -0.15) is 0 Å². The first-order chi connectivity index (χ1) is 17.8. The summed E-state index contributed by atoms with van der Waals surface area (Å²) in [5.41, 5.74) is 9.72. The van der Waals surface area contributed by atoms with E-state index in [1.165, 1.54) is 5.57 Å². The number of aromatic nitrogens is 2. The van der Waals surface area contributed by atoms with E-state index >= 15 is 0 Å². The number of para-hydroxylation sites is 4. The summed E-state index contributed by atoms with van der Waals surface area (Å²) < 4.78 is 12.0. The molecule has 0 spiro atoms. The highest BCUT2D eigenvalue weighted by Crippen LogP contribution is 2.31. The molecule has 0 radical (unpaired) electrons. The molecule has 4 aromatic carbocycles. The van der Waals surface area contributed by atoms with Crippen molar-refractivity contribution >= 4 is 33.3 Å². The van der Waals surface area contributed by atoms with E-state index in [1.54, 1.807) is 0 Å². The molecule has 1 aliphatic rings. The molecule has 172 valence electrons. The van der Waals surface area contributed by atoms with E-state index in [9.17, 15) is 0 Å². The normalized spacial score (nSPS) is 13.4. The predicted octanol–water partition coefficient (Wildman–Crippen LogP) is 7.33. The highest BCUT2D eigenvalue weighted by atomic mass is 16.4. The van der Waals surface area contributed by atoms with E-state index in [0.29, 0.717) is 11.8 Å². The maximum Gasteiger partial charge on any atom is 0.227 e. The van der Waals surface area contributed by atoms with Crippen LogP contribution in [-0.2, 0) is 0 Å². The number of dihydropyridines is 1. The number of hydrogen-bond acceptors (Lipinski definition) is 5. The van der Waals surface area contributed by atoms with Gasteiger partial charge in [0.2, 0.25) is 11.8 Å². The van der Waals surface area contributed by atoms with Crippen molar-refractivity contribution in [2.45, 2.75) is 0 Å². The van der Waals surface area contributed by atoms with Crippen molar-refractivity contribution in [1.82, 2.24) is 15.3 Å². The van der Waals surface area contributed by atoms with Gasteiger partial charge in [0.1, 0.15) is 11.0 Å². The van der Waals surface area contributed by atoms with E-state index in [-0.39, 0.29) is 0 Å². The molecule has 5 heteroatoms. The zero-order valence-corrected chi connectivity index (χ0v) is 19.3. The Morgan fingerprint density at radius 2 is 1.14 bits per heavy atom. The van der Waals surface area contributed by atoms with Crippen molar-refractivity contribution in [2.75, 3.05) is 6.54 Å². The summed E-state index contributed by atoms with van der Waals surface area (Å²) in [5, 5.41) is 3.43. The number of nitrogens with one attached hydrogen (secondary N) is 1. The lowest BCUT2D eigenvalue weighted by Gasteiger charge is -2.17. The summed E-state index contributed by atoms with van der Waals surface area (Å²) in [7, 11) is 0. The van der Waals surface area contributed by atoms with E-state index in [1.807, 2.05) is 72.8 Å². The Bertz CT molecular complexity index is 1740. The van der Waals surface area contributed by atoms with Gasteiger partial charge in [-0.25, -0.2) is 9.97 Å². The van der Waals surface area contributed by atoms with Crippen LogP contribution in [0.2, 0.25) is 0 Å². The minimum atomic E-state index is 0.623. The molecule has 1 aliphatic heterocycles. The highest BCUT2D eigenvalue weighted by Gasteiger charge is 2.14. The first-order valence-corrected chi connectivity index (χ1v) is 11.9. The fourth-order valence-corrected chi connectivity index (χ4v) is 4.58. The molecule has 2 aromatic heterocycles. The molecule has 36 heavy (non-hydrogen) atoms. The SMILES string of the molecule is C1=C(c2cccc(-c3nc4ccccc4o3)c2)C=C(c2cccc(-c3nc4ccccc4o3)c2)CN1. The monoisotopic (exact) mass is 467 g/mol. The number of nitrogens with zero attached hydrogens (tertiary/aromatic N) is 2. The number of benzene rings is 4. The van der Waals surface area contributed by atoms with Crippen LogP contribution in [0.25, 0.3) is 56.3 Å². The van der Waals surface area contributed by atoms with E-state index in [4.69, 9.17) is 8.83 Å². The number of oxazole rings is 2. The second-order valence-electron chi connectivity index (χ2n) is 8.79. The van der Waals surface area contributed by atoms with Crippen LogP contribution in [0.5, 0.6) is 0 Å². The van der Waals surface area contributed by atoms with Gasteiger partial charge in [0.25, 0.3) is 0 Å². The van der Waals surface area contributed by atoms with Crippen molar-refractivity contribution in [3.63, 3.8) is 0 Å². The quantitative estimate of drug-likeness (QED) is 0.294. The van der Waals surface area contributed by atoms with Gasteiger partial charge in [-0.05, 0) is 76.9 Å². The number of allylic oxidation sites excluding steroid dienone is 2. The molecule has 3 heterocycles. The number of hydrogen-bond donors (Lipinski definition) is 1. The maximum absolute atomic E-state index is 5.99. The van der Waals surface area contributed by atoms with Crippen LogP contribution in [0.4, 0.5) is 0 Å². The van der Waals surface area contributed by atoms with Crippen molar-refractivity contribution in [2.24, 2.45) is 0 Å². The van der Waals surface area contributed by atoms with E-state index in [2.05, 4.69) is 51.8 Å². The first-order valence-electron chi connectivity index (χ1n) is 11.9. The Morgan fingerprint density at radius 3 is 1.78 bits per heavy atom. The standard InChI is InChI=1S/C31H21N3O2/c1-3-13-28-26(11-1)33-30(35-28)22-9-5-7-20(15-22)24-17-25(19-32-18-24)21-8-6-10-23(16-21)31-34-27-12-2-4-14-29(27)36-31/h1-18,32H,19H2. The zero-order valence-electron chi connectivity index (χ0n) is 19.3. The summed E-state index contributed by atoms with van der Waals surface area (Å²) in [6.07, 6.45) is 4.28. The van der Waals surface area contributed by atoms with Crippen molar-refractivity contribution in [3.05, 3.63) is 120 Å². The Kier molecular flexibility index (Phi) is 4.77. The average molecular weight is 468 g/mol. The lowest BCUT2D eigenvalue weighted by atomic mass is 9.95. The molecule has 0 fully saturated rings. The van der Waals surface area contributed by atoms with Crippen LogP contribution >= 0.6 is 0 Å². The van der Waals surface area contributed by atoms with Crippen LogP contribution in [0, 0.1) is 0 Å². The van der Waals surface area contributed by atoms with Gasteiger partial charge in [-0.1, -0.05) is 48.5 Å². The smallest absolute Gasteiger partial charge is 0.227 e. The Labute approximate surface area is 207 Å². The number of rotatable bonds is 4. The molecule has 0 aliphatic carbocycles. The minimum absolute atomic E-state index is 0.623. The predicted molar refractivity (Wildman–Crippen MR) is 143 cm³/mol. The van der Waals surface area contributed by atoms with Crippen LogP contribution in [0.1, 0.15) is 11.1 Å². The number of fused-ring (bicyclic) bond motifs is 2. The van der Waals surface area contributed by atoms with Crippen LogP contribution in [-0.4, -0.2) is 16.5 Å². The molecule has 0 atom stereocenters. The van der Waals surface area contributed by atoms with Crippen molar-refractivity contribution in [3.8, 4) is 22.9 Å². The van der Waals surface area contributed by atoms with Gasteiger partial charge in [0.15, 0.2) is 11.2 Å². The largest absolute Gasteiger partial charge is 0.436 e. The average Bonchev–Trinajstić information content (AvgIpc) is 3.58. The first kappa shape index (κ1) is 20.5. The van der Waals surface area contributed by atoms with Gasteiger partial charge >= 0.3 is 0 Å². The molecular weight excluding hydrogens is 446 g/mol. The third-order valence-electron chi connectivity index (χ3n) is 6.39. The second-order valence-corrected chi connectivity index (χ2v) is 8.79. The zero-order chi connectivity index (χ0) is 23.9. The summed E-state index contributed by atoms with van der Waals surface area (Å²) in [4.78, 5) is 9.31. The molecule has 0 amide bonds. The van der Waals surface area contributed by atoms with Crippen molar-refractivity contribution < 1.29 is 8.83 Å². The van der Waals surface area contributed by atoms with Crippen molar-refractivity contribution in [1.29, 1.82) is 0 Å². The summed E-state index contributed by atoms with van der Waals surface area (Å²) in [6, 6.07) is 32.3. The van der Waals surface area contributed by atoms with Gasteiger partial charge in [-0.3, -0.25) is 0 Å². The Balaban J connectivity index is 1.21. The molecule has 0 saturated carbocycles. The second kappa shape index (κ2) is 8.40. The van der Waals surface area contributed by atoms with Crippen LogP contribution < -0.4 is 5.32 Å². The fourth-order valence-electron chi connectivity index (χ4n) is 4.58. The minimum Gasteiger partial charge on any atom is -0.436 e. The van der Waals surface area contributed by atoms with E-state index in [0.717, 1.165) is 56.6 Å². The lowest BCUT2D eigenvalue weighted by Crippen LogP contribution is -2.14.